The van der Waals surface area contributed by atoms with Gasteiger partial charge in [0.2, 0.25) is 0 Å². The number of methoxy groups -OCH3 is 1. The fourth-order valence-electron chi connectivity index (χ4n) is 1.12. The summed E-state index contributed by atoms with van der Waals surface area (Å²) in [6, 6.07) is 0.413. The van der Waals surface area contributed by atoms with Gasteiger partial charge in [0.15, 0.2) is 17.1 Å². The third-order valence-electron chi connectivity index (χ3n) is 1.81. The smallest absolute Gasteiger partial charge is 0.464 e. The van der Waals surface area contributed by atoms with Gasteiger partial charge in [-0.2, -0.15) is 13.2 Å². The molecule has 0 atom stereocenters. The highest BCUT2D eigenvalue weighted by Gasteiger charge is 2.42. The van der Waals surface area contributed by atoms with Crippen LogP contribution in [-0.4, -0.2) is 24.4 Å². The lowest BCUT2D eigenvalue weighted by Gasteiger charge is -2.16. The third-order valence-corrected chi connectivity index (χ3v) is 2.64. The van der Waals surface area contributed by atoms with Gasteiger partial charge in [-0.3, -0.25) is 0 Å². The van der Waals surface area contributed by atoms with E-state index in [1.165, 1.54) is 22.6 Å². The van der Waals surface area contributed by atoms with Crippen LogP contribution in [0.2, 0.25) is 0 Å². The highest BCUT2D eigenvalue weighted by Crippen LogP contribution is 2.38. The van der Waals surface area contributed by atoms with Gasteiger partial charge in [-0.05, 0) is 28.7 Å². The number of pyridine rings is 1. The van der Waals surface area contributed by atoms with Crippen LogP contribution in [0, 0.1) is 3.57 Å². The number of nitrogens with zero attached hydrogens (tertiary/aromatic N) is 1. The minimum absolute atomic E-state index is 0.276. The van der Waals surface area contributed by atoms with E-state index in [2.05, 4.69) is 14.5 Å². The van der Waals surface area contributed by atoms with Crippen LogP contribution in [-0.2, 0) is 10.9 Å². The Morgan fingerprint density at radius 3 is 2.20 bits per heavy atom. The molecule has 0 saturated carbocycles. The summed E-state index contributed by atoms with van der Waals surface area (Å²) in [4.78, 5) is 14.1. The molecule has 0 aliphatic rings. The standard InChI is InChI=1S/C9H4F6INO3/c1-19-7(18)5-3(16)2-4(20-9(13,14)15)6(17-5)8(10,11)12/h2H,1H3. The molecular weight excluding hydrogens is 411 g/mol. The minimum atomic E-state index is -5.32. The van der Waals surface area contributed by atoms with Crippen molar-refractivity contribution < 1.29 is 40.6 Å². The van der Waals surface area contributed by atoms with E-state index in [0.717, 1.165) is 7.11 Å². The second kappa shape index (κ2) is 5.61. The monoisotopic (exact) mass is 415 g/mol. The number of ether oxygens (including phenoxy) is 2. The summed E-state index contributed by atoms with van der Waals surface area (Å²) in [7, 11) is 0.896. The zero-order valence-corrected chi connectivity index (χ0v) is 11.6. The molecule has 0 aromatic carbocycles. The van der Waals surface area contributed by atoms with E-state index in [0.29, 0.717) is 6.07 Å². The van der Waals surface area contributed by atoms with Crippen molar-refractivity contribution in [2.75, 3.05) is 7.11 Å². The van der Waals surface area contributed by atoms with Crippen LogP contribution in [0.4, 0.5) is 26.3 Å². The summed E-state index contributed by atoms with van der Waals surface area (Å²) in [6.45, 7) is 0. The largest absolute Gasteiger partial charge is 0.573 e. The fraction of sp³-hybridized carbons (Fsp3) is 0.333. The molecule has 0 spiro atoms. The molecule has 0 saturated heterocycles. The van der Waals surface area contributed by atoms with Gasteiger partial charge in [0.1, 0.15) is 0 Å². The Kier molecular flexibility index (Phi) is 4.71. The second-order valence-electron chi connectivity index (χ2n) is 3.20. The Morgan fingerprint density at radius 2 is 1.80 bits per heavy atom. The van der Waals surface area contributed by atoms with Crippen LogP contribution >= 0.6 is 22.6 Å². The molecule has 0 amide bonds. The molecule has 112 valence electrons. The maximum absolute atomic E-state index is 12.6. The first-order valence-electron chi connectivity index (χ1n) is 4.57. The van der Waals surface area contributed by atoms with Crippen LogP contribution in [0.3, 0.4) is 0 Å². The van der Waals surface area contributed by atoms with E-state index in [1.54, 1.807) is 0 Å². The van der Waals surface area contributed by atoms with Crippen molar-refractivity contribution in [3.8, 4) is 5.75 Å². The average molecular weight is 415 g/mol. The number of aromatic nitrogens is 1. The maximum Gasteiger partial charge on any atom is 0.573 e. The Bertz CT molecular complexity index is 528. The van der Waals surface area contributed by atoms with Crippen molar-refractivity contribution in [3.63, 3.8) is 0 Å². The SMILES string of the molecule is COC(=O)c1nc(C(F)(F)F)c(OC(F)(F)F)cc1I. The quantitative estimate of drug-likeness (QED) is 0.423. The number of carbonyl (C=O) groups excluding carboxylic acids is 1. The molecule has 0 radical (unpaired) electrons. The van der Waals surface area contributed by atoms with Crippen LogP contribution in [0.25, 0.3) is 0 Å². The molecule has 0 N–H and O–H groups in total. The molecule has 0 aliphatic heterocycles. The van der Waals surface area contributed by atoms with Crippen LogP contribution in [0.15, 0.2) is 6.07 Å². The predicted octanol–water partition coefficient (Wildman–Crippen LogP) is 3.39. The highest BCUT2D eigenvalue weighted by atomic mass is 127. The highest BCUT2D eigenvalue weighted by molar-refractivity contribution is 14.1. The number of hydrogen-bond donors (Lipinski definition) is 0. The van der Waals surface area contributed by atoms with Gasteiger partial charge in [-0.15, -0.1) is 13.2 Å². The second-order valence-corrected chi connectivity index (χ2v) is 4.36. The summed E-state index contributed by atoms with van der Waals surface area (Å²) < 4.78 is 81.3. The Hall–Kier alpha value is -1.27. The first-order valence-corrected chi connectivity index (χ1v) is 5.65. The lowest BCUT2D eigenvalue weighted by atomic mass is 10.2. The van der Waals surface area contributed by atoms with Crippen LogP contribution in [0.1, 0.15) is 16.2 Å². The zero-order chi connectivity index (χ0) is 15.7. The van der Waals surface area contributed by atoms with Gasteiger partial charge >= 0.3 is 18.5 Å². The predicted molar refractivity (Wildman–Crippen MR) is 60.0 cm³/mol. The van der Waals surface area contributed by atoms with Gasteiger partial charge in [0, 0.05) is 3.57 Å². The number of rotatable bonds is 2. The molecule has 0 aliphatic carbocycles. The summed E-state index contributed by atoms with van der Waals surface area (Å²) in [6.07, 6.45) is -10.6. The van der Waals surface area contributed by atoms with Gasteiger partial charge in [0.25, 0.3) is 0 Å². The van der Waals surface area contributed by atoms with Crippen molar-refractivity contribution in [1.82, 2.24) is 4.98 Å². The Morgan fingerprint density at radius 1 is 1.25 bits per heavy atom. The maximum atomic E-state index is 12.6. The van der Waals surface area contributed by atoms with E-state index in [4.69, 9.17) is 0 Å². The molecule has 0 unspecified atom stereocenters. The number of esters is 1. The van der Waals surface area contributed by atoms with Crippen LogP contribution in [0.5, 0.6) is 5.75 Å². The number of alkyl halides is 6. The lowest BCUT2D eigenvalue weighted by molar-refractivity contribution is -0.276. The van der Waals surface area contributed by atoms with Crippen LogP contribution < -0.4 is 4.74 Å². The molecule has 1 aromatic rings. The Labute approximate surface area is 121 Å². The molecule has 1 heterocycles. The molecular formula is C9H4F6INO3. The molecule has 4 nitrogen and oxygen atoms in total. The number of halogens is 7. The average Bonchev–Trinajstić information content (AvgIpc) is 2.24. The van der Waals surface area contributed by atoms with Crippen molar-refractivity contribution in [1.29, 1.82) is 0 Å². The normalized spacial score (nSPS) is 12.2. The fourth-order valence-corrected chi connectivity index (χ4v) is 1.74. The van der Waals surface area contributed by atoms with Crippen molar-refractivity contribution >= 4 is 28.6 Å². The lowest BCUT2D eigenvalue weighted by Crippen LogP contribution is -2.22. The summed E-state index contributed by atoms with van der Waals surface area (Å²) in [5.74, 6) is -2.75. The van der Waals surface area contributed by atoms with E-state index in [1.807, 2.05) is 0 Å². The van der Waals surface area contributed by atoms with Crippen molar-refractivity contribution in [3.05, 3.63) is 21.0 Å². The summed E-state index contributed by atoms with van der Waals surface area (Å²) in [5, 5.41) is 0. The Balaban J connectivity index is 3.45. The van der Waals surface area contributed by atoms with Gasteiger partial charge in [-0.25, -0.2) is 9.78 Å². The topological polar surface area (TPSA) is 48.4 Å². The molecule has 20 heavy (non-hydrogen) atoms. The van der Waals surface area contributed by atoms with Gasteiger partial charge < -0.3 is 9.47 Å². The van der Waals surface area contributed by atoms with E-state index in [9.17, 15) is 31.1 Å². The molecule has 11 heteroatoms. The molecule has 1 rings (SSSR count). The van der Waals surface area contributed by atoms with Gasteiger partial charge in [0.05, 0.1) is 7.11 Å². The minimum Gasteiger partial charge on any atom is -0.464 e. The zero-order valence-electron chi connectivity index (χ0n) is 9.40. The van der Waals surface area contributed by atoms with E-state index >= 15 is 0 Å². The molecule has 0 bridgehead atoms. The number of hydrogen-bond acceptors (Lipinski definition) is 4. The first kappa shape index (κ1) is 16.8. The molecule has 0 fully saturated rings. The summed E-state index contributed by atoms with van der Waals surface area (Å²) >= 11 is 1.34. The molecule has 1 aromatic heterocycles. The first-order chi connectivity index (χ1) is 8.95. The van der Waals surface area contributed by atoms with Crippen molar-refractivity contribution in [2.24, 2.45) is 0 Å². The third kappa shape index (κ3) is 4.11. The van der Waals surface area contributed by atoms with Crippen molar-refractivity contribution in [2.45, 2.75) is 12.5 Å². The summed E-state index contributed by atoms with van der Waals surface area (Å²) in [5.41, 5.74) is -2.72. The van der Waals surface area contributed by atoms with E-state index in [-0.39, 0.29) is 3.57 Å². The van der Waals surface area contributed by atoms with E-state index < -0.39 is 35.6 Å². The number of carbonyl (C=O) groups is 1. The van der Waals surface area contributed by atoms with Gasteiger partial charge in [-0.1, -0.05) is 0 Å².